The van der Waals surface area contributed by atoms with Gasteiger partial charge in [-0.2, -0.15) is 0 Å². The van der Waals surface area contributed by atoms with Gasteiger partial charge in [0.15, 0.2) is 0 Å². The fraction of sp³-hybridized carbons (Fsp3) is 0.500. The van der Waals surface area contributed by atoms with Crippen LogP contribution in [0.1, 0.15) is 19.8 Å². The molecule has 0 aromatic carbocycles. The standard InChI is InChI=1S/C10H12O5/c1-3-8(11)14-6(2)4-7-5-9(12)15-10(7)13/h3,6-7H,1,4-5H2,2H3. The highest BCUT2D eigenvalue weighted by molar-refractivity contribution is 5.94. The van der Waals surface area contributed by atoms with Crippen LogP contribution in [-0.4, -0.2) is 24.0 Å². The van der Waals surface area contributed by atoms with Gasteiger partial charge in [0, 0.05) is 6.08 Å². The van der Waals surface area contributed by atoms with Crippen LogP contribution in [0.2, 0.25) is 0 Å². The van der Waals surface area contributed by atoms with E-state index in [2.05, 4.69) is 11.3 Å². The third-order valence-electron chi connectivity index (χ3n) is 2.06. The van der Waals surface area contributed by atoms with E-state index in [9.17, 15) is 14.4 Å². The van der Waals surface area contributed by atoms with E-state index in [-0.39, 0.29) is 6.42 Å². The normalized spacial score (nSPS) is 22.1. The van der Waals surface area contributed by atoms with E-state index in [1.807, 2.05) is 0 Å². The van der Waals surface area contributed by atoms with E-state index in [4.69, 9.17) is 4.74 Å². The summed E-state index contributed by atoms with van der Waals surface area (Å²) >= 11 is 0. The first-order chi connectivity index (χ1) is 7.02. The molecular weight excluding hydrogens is 200 g/mol. The molecule has 0 bridgehead atoms. The Labute approximate surface area is 87.0 Å². The average molecular weight is 212 g/mol. The van der Waals surface area contributed by atoms with Crippen molar-refractivity contribution in [3.8, 4) is 0 Å². The Bertz CT molecular complexity index is 307. The molecule has 0 aromatic heterocycles. The quantitative estimate of drug-likeness (QED) is 0.387. The predicted octanol–water partition coefficient (Wildman–Crippen LogP) is 0.584. The minimum absolute atomic E-state index is 0.0643. The Morgan fingerprint density at radius 3 is 2.87 bits per heavy atom. The Balaban J connectivity index is 2.41. The van der Waals surface area contributed by atoms with Crippen molar-refractivity contribution in [1.29, 1.82) is 0 Å². The number of ether oxygens (including phenoxy) is 2. The van der Waals surface area contributed by atoms with Crippen LogP contribution in [0, 0.1) is 5.92 Å². The van der Waals surface area contributed by atoms with Crippen molar-refractivity contribution in [2.75, 3.05) is 0 Å². The summed E-state index contributed by atoms with van der Waals surface area (Å²) in [6, 6.07) is 0. The van der Waals surface area contributed by atoms with Gasteiger partial charge >= 0.3 is 17.9 Å². The molecule has 1 heterocycles. The van der Waals surface area contributed by atoms with Crippen LogP contribution in [0.25, 0.3) is 0 Å². The highest BCUT2D eigenvalue weighted by Gasteiger charge is 2.34. The number of hydrogen-bond donors (Lipinski definition) is 0. The number of cyclic esters (lactones) is 2. The van der Waals surface area contributed by atoms with Crippen LogP contribution in [0.3, 0.4) is 0 Å². The Hall–Kier alpha value is -1.65. The summed E-state index contributed by atoms with van der Waals surface area (Å²) in [5.41, 5.74) is 0. The van der Waals surface area contributed by atoms with Crippen molar-refractivity contribution >= 4 is 17.9 Å². The summed E-state index contributed by atoms with van der Waals surface area (Å²) in [6.45, 7) is 4.90. The number of rotatable bonds is 4. The van der Waals surface area contributed by atoms with Crippen molar-refractivity contribution in [1.82, 2.24) is 0 Å². The third kappa shape index (κ3) is 3.19. The van der Waals surface area contributed by atoms with Crippen molar-refractivity contribution in [3.63, 3.8) is 0 Å². The lowest BCUT2D eigenvalue weighted by Gasteiger charge is -2.13. The number of esters is 3. The van der Waals surface area contributed by atoms with E-state index >= 15 is 0 Å². The van der Waals surface area contributed by atoms with E-state index in [0.717, 1.165) is 6.08 Å². The minimum atomic E-state index is -0.541. The molecule has 5 heteroatoms. The van der Waals surface area contributed by atoms with Crippen LogP contribution in [0.5, 0.6) is 0 Å². The highest BCUT2D eigenvalue weighted by Crippen LogP contribution is 2.22. The van der Waals surface area contributed by atoms with Gasteiger partial charge in [0.05, 0.1) is 12.3 Å². The van der Waals surface area contributed by atoms with Gasteiger partial charge in [0.2, 0.25) is 0 Å². The predicted molar refractivity (Wildman–Crippen MR) is 49.6 cm³/mol. The first-order valence-electron chi connectivity index (χ1n) is 4.60. The third-order valence-corrected chi connectivity index (χ3v) is 2.06. The molecule has 1 rings (SSSR count). The molecule has 1 fully saturated rings. The molecule has 1 saturated heterocycles. The molecule has 0 N–H and O–H groups in total. The van der Waals surface area contributed by atoms with Crippen LogP contribution in [0.15, 0.2) is 12.7 Å². The van der Waals surface area contributed by atoms with Crippen LogP contribution in [0.4, 0.5) is 0 Å². The van der Waals surface area contributed by atoms with Crippen molar-refractivity contribution < 1.29 is 23.9 Å². The Morgan fingerprint density at radius 1 is 1.73 bits per heavy atom. The molecule has 82 valence electrons. The fourth-order valence-electron chi connectivity index (χ4n) is 1.40. The zero-order chi connectivity index (χ0) is 11.4. The zero-order valence-electron chi connectivity index (χ0n) is 8.39. The number of carbonyl (C=O) groups is 3. The fourth-order valence-corrected chi connectivity index (χ4v) is 1.40. The summed E-state index contributed by atoms with van der Waals surface area (Å²) in [6.07, 6.45) is 0.979. The number of carbonyl (C=O) groups excluding carboxylic acids is 3. The molecule has 0 aromatic rings. The minimum Gasteiger partial charge on any atom is -0.460 e. The topological polar surface area (TPSA) is 69.7 Å². The lowest BCUT2D eigenvalue weighted by Crippen LogP contribution is -2.19. The molecule has 1 aliphatic rings. The van der Waals surface area contributed by atoms with Crippen molar-refractivity contribution in [3.05, 3.63) is 12.7 Å². The molecule has 15 heavy (non-hydrogen) atoms. The van der Waals surface area contributed by atoms with Crippen LogP contribution < -0.4 is 0 Å². The maximum atomic E-state index is 11.1. The van der Waals surface area contributed by atoms with E-state index in [1.54, 1.807) is 6.92 Å². The van der Waals surface area contributed by atoms with Gasteiger partial charge < -0.3 is 9.47 Å². The smallest absolute Gasteiger partial charge is 0.330 e. The molecule has 0 radical (unpaired) electrons. The van der Waals surface area contributed by atoms with Gasteiger partial charge in [-0.15, -0.1) is 0 Å². The lowest BCUT2D eigenvalue weighted by atomic mass is 10.0. The molecule has 5 nitrogen and oxygen atoms in total. The molecule has 0 saturated carbocycles. The summed E-state index contributed by atoms with van der Waals surface area (Å²) in [7, 11) is 0. The van der Waals surface area contributed by atoms with E-state index in [1.165, 1.54) is 0 Å². The SMILES string of the molecule is C=CC(=O)OC(C)CC1CC(=O)OC1=O. The molecule has 0 amide bonds. The van der Waals surface area contributed by atoms with E-state index in [0.29, 0.717) is 6.42 Å². The molecule has 2 unspecified atom stereocenters. The van der Waals surface area contributed by atoms with Gasteiger partial charge in [-0.05, 0) is 13.3 Å². The summed E-state index contributed by atoms with van der Waals surface area (Å²) in [5.74, 6) is -2.10. The second kappa shape index (κ2) is 4.72. The molecule has 1 aliphatic heterocycles. The molecule has 0 aliphatic carbocycles. The summed E-state index contributed by atoms with van der Waals surface area (Å²) in [4.78, 5) is 32.6. The Morgan fingerprint density at radius 2 is 2.40 bits per heavy atom. The van der Waals surface area contributed by atoms with Gasteiger partial charge in [-0.25, -0.2) is 4.79 Å². The van der Waals surface area contributed by atoms with Gasteiger partial charge in [0.1, 0.15) is 6.10 Å². The summed E-state index contributed by atoms with van der Waals surface area (Å²) in [5, 5.41) is 0. The lowest BCUT2D eigenvalue weighted by molar-refractivity contribution is -0.154. The average Bonchev–Trinajstić information content (AvgIpc) is 2.44. The van der Waals surface area contributed by atoms with E-state index < -0.39 is 29.9 Å². The highest BCUT2D eigenvalue weighted by atomic mass is 16.6. The van der Waals surface area contributed by atoms with Crippen molar-refractivity contribution in [2.24, 2.45) is 5.92 Å². The van der Waals surface area contributed by atoms with Crippen LogP contribution >= 0.6 is 0 Å². The first kappa shape index (κ1) is 11.4. The Kier molecular flexibility index (Phi) is 3.60. The van der Waals surface area contributed by atoms with Crippen molar-refractivity contribution in [2.45, 2.75) is 25.9 Å². The monoisotopic (exact) mass is 212 g/mol. The summed E-state index contributed by atoms with van der Waals surface area (Å²) < 4.78 is 9.24. The van der Waals surface area contributed by atoms with Gasteiger partial charge in [-0.1, -0.05) is 6.58 Å². The zero-order valence-corrected chi connectivity index (χ0v) is 8.39. The second-order valence-electron chi connectivity index (χ2n) is 3.38. The van der Waals surface area contributed by atoms with Gasteiger partial charge in [-0.3, -0.25) is 9.59 Å². The first-order valence-corrected chi connectivity index (χ1v) is 4.60. The second-order valence-corrected chi connectivity index (χ2v) is 3.38. The maximum Gasteiger partial charge on any atom is 0.330 e. The molecule has 2 atom stereocenters. The maximum absolute atomic E-state index is 11.1. The van der Waals surface area contributed by atoms with Crippen LogP contribution in [-0.2, 0) is 23.9 Å². The van der Waals surface area contributed by atoms with Gasteiger partial charge in [0.25, 0.3) is 0 Å². The number of hydrogen-bond acceptors (Lipinski definition) is 5. The molecular formula is C10H12O5. The molecule has 0 spiro atoms. The largest absolute Gasteiger partial charge is 0.460 e.